The maximum absolute atomic E-state index is 12.0. The summed E-state index contributed by atoms with van der Waals surface area (Å²) in [7, 11) is 0. The van der Waals surface area contributed by atoms with Gasteiger partial charge in [-0.2, -0.15) is 5.26 Å². The fraction of sp³-hybridized carbons (Fsp3) is 0.500. The Hall–Kier alpha value is -2.96. The van der Waals surface area contributed by atoms with Gasteiger partial charge >= 0.3 is 11.9 Å². The first kappa shape index (κ1) is 24.7. The van der Waals surface area contributed by atoms with Crippen molar-refractivity contribution < 1.29 is 19.1 Å². The molecule has 1 aliphatic heterocycles. The Bertz CT molecular complexity index is 962. The van der Waals surface area contributed by atoms with E-state index in [0.717, 1.165) is 42.3 Å². The third-order valence-corrected chi connectivity index (χ3v) is 6.44. The van der Waals surface area contributed by atoms with Crippen LogP contribution in [0.3, 0.4) is 0 Å². The van der Waals surface area contributed by atoms with E-state index in [1.54, 1.807) is 30.4 Å². The van der Waals surface area contributed by atoms with E-state index in [0.29, 0.717) is 38.3 Å². The number of likely N-dealkylation sites (tertiary alicyclic amines) is 1. The summed E-state index contributed by atoms with van der Waals surface area (Å²) in [4.78, 5) is 33.0. The number of benzene rings is 1. The van der Waals surface area contributed by atoms with Crippen LogP contribution in [0, 0.1) is 11.3 Å². The van der Waals surface area contributed by atoms with Gasteiger partial charge in [0.05, 0.1) is 43.5 Å². The van der Waals surface area contributed by atoms with Gasteiger partial charge in [0.2, 0.25) is 0 Å². The van der Waals surface area contributed by atoms with Crippen molar-refractivity contribution in [3.63, 3.8) is 0 Å². The number of hydrogen-bond acceptors (Lipinski definition) is 9. The summed E-state index contributed by atoms with van der Waals surface area (Å²) in [6, 6.07) is 9.71. The molecule has 0 N–H and O–H groups in total. The van der Waals surface area contributed by atoms with Crippen molar-refractivity contribution in [1.82, 2.24) is 9.88 Å². The first-order valence-corrected chi connectivity index (χ1v) is 12.2. The molecule has 0 aliphatic carbocycles. The zero-order valence-corrected chi connectivity index (χ0v) is 20.0. The van der Waals surface area contributed by atoms with Crippen molar-refractivity contribution in [1.29, 1.82) is 5.26 Å². The summed E-state index contributed by atoms with van der Waals surface area (Å²) in [5.74, 6) is -0.409. The highest BCUT2D eigenvalue weighted by Gasteiger charge is 2.28. The summed E-state index contributed by atoms with van der Waals surface area (Å²) < 4.78 is 10.2. The minimum absolute atomic E-state index is 0.193. The van der Waals surface area contributed by atoms with Gasteiger partial charge in [-0.15, -0.1) is 11.3 Å². The van der Waals surface area contributed by atoms with Crippen molar-refractivity contribution in [3.8, 4) is 17.3 Å². The molecular formula is C24H30N4O4S. The fourth-order valence-corrected chi connectivity index (χ4v) is 4.83. The number of nitriles is 1. The minimum atomic E-state index is -0.217. The lowest BCUT2D eigenvalue weighted by Gasteiger charge is -2.38. The second-order valence-corrected chi connectivity index (χ2v) is 8.60. The number of carbonyl (C=O) groups excluding carboxylic acids is 2. The fourth-order valence-electron chi connectivity index (χ4n) is 3.90. The standard InChI is InChI=1S/C24H30N4O4S/c1-3-31-22(29)11-14-28(20-9-12-27(13-10-20)16-23(30)32-4-2)24-26-21(17-33-24)19-7-5-18(15-25)6-8-19/h5-8,17,20H,3-4,9-14,16H2,1-2H3. The van der Waals surface area contributed by atoms with E-state index in [4.69, 9.17) is 19.7 Å². The van der Waals surface area contributed by atoms with Gasteiger partial charge in [-0.1, -0.05) is 12.1 Å². The lowest BCUT2D eigenvalue weighted by molar-refractivity contribution is -0.145. The monoisotopic (exact) mass is 470 g/mol. The number of hydrogen-bond donors (Lipinski definition) is 0. The van der Waals surface area contributed by atoms with Crippen LogP contribution in [0.15, 0.2) is 29.6 Å². The summed E-state index contributed by atoms with van der Waals surface area (Å²) >= 11 is 1.55. The molecule has 0 bridgehead atoms. The quantitative estimate of drug-likeness (QED) is 0.487. The SMILES string of the molecule is CCOC(=O)CCN(c1nc(-c2ccc(C#N)cc2)cs1)C1CCN(CC(=O)OCC)CC1. The van der Waals surface area contributed by atoms with Gasteiger partial charge in [0.25, 0.3) is 0 Å². The number of aromatic nitrogens is 1. The first-order chi connectivity index (χ1) is 16.0. The number of anilines is 1. The van der Waals surface area contributed by atoms with Crippen LogP contribution in [0.25, 0.3) is 11.3 Å². The van der Waals surface area contributed by atoms with Crippen LogP contribution in [-0.4, -0.2) is 67.3 Å². The highest BCUT2D eigenvalue weighted by Crippen LogP contribution is 2.31. The summed E-state index contributed by atoms with van der Waals surface area (Å²) in [6.45, 7) is 6.78. The summed E-state index contributed by atoms with van der Waals surface area (Å²) in [6.07, 6.45) is 2.03. The number of rotatable bonds is 10. The third kappa shape index (κ3) is 7.01. The molecule has 9 heteroatoms. The van der Waals surface area contributed by atoms with E-state index in [1.807, 2.05) is 24.4 Å². The Labute approximate surface area is 198 Å². The topological polar surface area (TPSA) is 95.8 Å². The van der Waals surface area contributed by atoms with Crippen LogP contribution in [0.5, 0.6) is 0 Å². The molecule has 1 aromatic carbocycles. The second kappa shape index (κ2) is 12.3. The van der Waals surface area contributed by atoms with E-state index in [-0.39, 0.29) is 18.0 Å². The molecular weight excluding hydrogens is 440 g/mol. The molecule has 33 heavy (non-hydrogen) atoms. The Morgan fingerprint density at radius 1 is 1.15 bits per heavy atom. The largest absolute Gasteiger partial charge is 0.466 e. The highest BCUT2D eigenvalue weighted by atomic mass is 32.1. The molecule has 176 valence electrons. The van der Waals surface area contributed by atoms with Crippen molar-refractivity contribution in [2.45, 2.75) is 39.2 Å². The van der Waals surface area contributed by atoms with Crippen LogP contribution >= 0.6 is 11.3 Å². The molecule has 0 amide bonds. The number of esters is 2. The molecule has 1 aromatic heterocycles. The van der Waals surface area contributed by atoms with Crippen LogP contribution in [-0.2, 0) is 19.1 Å². The van der Waals surface area contributed by atoms with Gasteiger partial charge in [0.1, 0.15) is 0 Å². The second-order valence-electron chi connectivity index (χ2n) is 7.77. The zero-order chi connectivity index (χ0) is 23.6. The number of ether oxygens (including phenoxy) is 2. The molecule has 1 saturated heterocycles. The molecule has 1 aliphatic rings. The molecule has 0 atom stereocenters. The van der Waals surface area contributed by atoms with E-state index < -0.39 is 0 Å². The molecule has 0 radical (unpaired) electrons. The van der Waals surface area contributed by atoms with Crippen LogP contribution < -0.4 is 4.90 Å². The minimum Gasteiger partial charge on any atom is -0.466 e. The molecule has 3 rings (SSSR count). The summed E-state index contributed by atoms with van der Waals surface area (Å²) in [5.41, 5.74) is 2.41. The molecule has 2 aromatic rings. The lowest BCUT2D eigenvalue weighted by Crippen LogP contribution is -2.47. The van der Waals surface area contributed by atoms with E-state index >= 15 is 0 Å². The maximum atomic E-state index is 12.0. The van der Waals surface area contributed by atoms with Gasteiger partial charge in [-0.3, -0.25) is 14.5 Å². The van der Waals surface area contributed by atoms with E-state index in [1.165, 1.54) is 0 Å². The Balaban J connectivity index is 1.71. The number of thiazole rings is 1. The molecule has 0 saturated carbocycles. The van der Waals surface area contributed by atoms with Crippen molar-refractivity contribution in [3.05, 3.63) is 35.2 Å². The number of nitrogens with zero attached hydrogens (tertiary/aromatic N) is 4. The van der Waals surface area contributed by atoms with Crippen molar-refractivity contribution in [2.24, 2.45) is 0 Å². The Kier molecular flexibility index (Phi) is 9.22. The van der Waals surface area contributed by atoms with Gasteiger partial charge in [-0.25, -0.2) is 4.98 Å². The third-order valence-electron chi connectivity index (χ3n) is 5.57. The van der Waals surface area contributed by atoms with Crippen molar-refractivity contribution in [2.75, 3.05) is 44.3 Å². The van der Waals surface area contributed by atoms with Gasteiger partial charge in [0.15, 0.2) is 5.13 Å². The van der Waals surface area contributed by atoms with Gasteiger partial charge < -0.3 is 14.4 Å². The molecule has 8 nitrogen and oxygen atoms in total. The predicted molar refractivity (Wildman–Crippen MR) is 127 cm³/mol. The van der Waals surface area contributed by atoms with Crippen LogP contribution in [0.4, 0.5) is 5.13 Å². The number of carbonyl (C=O) groups is 2. The lowest BCUT2D eigenvalue weighted by atomic mass is 10.0. The highest BCUT2D eigenvalue weighted by molar-refractivity contribution is 7.14. The molecule has 0 unspecified atom stereocenters. The first-order valence-electron chi connectivity index (χ1n) is 11.3. The normalized spacial score (nSPS) is 14.5. The van der Waals surface area contributed by atoms with Gasteiger partial charge in [0, 0.05) is 36.6 Å². The molecule has 2 heterocycles. The predicted octanol–water partition coefficient (Wildman–Crippen LogP) is 3.47. The zero-order valence-electron chi connectivity index (χ0n) is 19.2. The summed E-state index contributed by atoms with van der Waals surface area (Å²) in [5, 5.41) is 11.9. The smallest absolute Gasteiger partial charge is 0.320 e. The average molecular weight is 471 g/mol. The van der Waals surface area contributed by atoms with Crippen LogP contribution in [0.2, 0.25) is 0 Å². The Morgan fingerprint density at radius 3 is 2.45 bits per heavy atom. The maximum Gasteiger partial charge on any atom is 0.320 e. The van der Waals surface area contributed by atoms with E-state index in [2.05, 4.69) is 15.9 Å². The van der Waals surface area contributed by atoms with Crippen LogP contribution in [0.1, 0.15) is 38.7 Å². The van der Waals surface area contributed by atoms with Gasteiger partial charge in [-0.05, 0) is 38.8 Å². The number of piperidine rings is 1. The van der Waals surface area contributed by atoms with E-state index in [9.17, 15) is 9.59 Å². The average Bonchev–Trinajstić information content (AvgIpc) is 3.30. The molecule has 0 spiro atoms. The van der Waals surface area contributed by atoms with Crippen molar-refractivity contribution >= 4 is 28.4 Å². The molecule has 1 fully saturated rings. The Morgan fingerprint density at radius 2 is 1.82 bits per heavy atom.